The number of aromatic nitrogens is 2. The highest BCUT2D eigenvalue weighted by Crippen LogP contribution is 2.23. The summed E-state index contributed by atoms with van der Waals surface area (Å²) in [5.41, 5.74) is 1.27. The third-order valence-corrected chi connectivity index (χ3v) is 3.55. The van der Waals surface area contributed by atoms with E-state index in [0.29, 0.717) is 18.1 Å². The summed E-state index contributed by atoms with van der Waals surface area (Å²) in [6, 6.07) is 1.61. The predicted molar refractivity (Wildman–Crippen MR) is 65.4 cm³/mol. The first-order chi connectivity index (χ1) is 7.61. The molecular formula is C12H22N4. The quantitative estimate of drug-likeness (QED) is 0.836. The molecule has 4 nitrogen and oxygen atoms in total. The van der Waals surface area contributed by atoms with E-state index in [1.807, 2.05) is 13.2 Å². The van der Waals surface area contributed by atoms with Gasteiger partial charge in [-0.2, -0.15) is 5.10 Å². The maximum absolute atomic E-state index is 4.45. The van der Waals surface area contributed by atoms with Crippen molar-refractivity contribution in [3.05, 3.63) is 18.0 Å². The molecule has 0 radical (unpaired) electrons. The Labute approximate surface area is 97.6 Å². The van der Waals surface area contributed by atoms with Crippen LogP contribution in [0.2, 0.25) is 0 Å². The van der Waals surface area contributed by atoms with Gasteiger partial charge in [-0.1, -0.05) is 0 Å². The van der Waals surface area contributed by atoms with Crippen molar-refractivity contribution in [2.75, 3.05) is 20.1 Å². The van der Waals surface area contributed by atoms with E-state index >= 15 is 0 Å². The molecule has 1 aliphatic heterocycles. The zero-order valence-electron chi connectivity index (χ0n) is 10.6. The van der Waals surface area contributed by atoms with Gasteiger partial charge < -0.3 is 5.32 Å². The topological polar surface area (TPSA) is 33.1 Å². The molecule has 1 N–H and O–H groups in total. The maximum atomic E-state index is 4.45. The van der Waals surface area contributed by atoms with E-state index in [4.69, 9.17) is 0 Å². The van der Waals surface area contributed by atoms with Crippen LogP contribution in [0.15, 0.2) is 12.4 Å². The molecule has 0 spiro atoms. The lowest BCUT2D eigenvalue weighted by Crippen LogP contribution is -2.51. The molecule has 1 saturated heterocycles. The summed E-state index contributed by atoms with van der Waals surface area (Å²) < 4.78 is 2.11. The molecule has 0 aromatic carbocycles. The summed E-state index contributed by atoms with van der Waals surface area (Å²) in [6.45, 7) is 8.91. The number of likely N-dealkylation sites (tertiary alicyclic amines) is 1. The van der Waals surface area contributed by atoms with Crippen molar-refractivity contribution in [2.24, 2.45) is 0 Å². The molecule has 1 atom stereocenters. The molecule has 0 saturated carbocycles. The molecule has 1 aromatic rings. The molecular weight excluding hydrogens is 200 g/mol. The number of nitrogens with one attached hydrogen (secondary N) is 1. The van der Waals surface area contributed by atoms with Gasteiger partial charge in [-0.3, -0.25) is 9.58 Å². The van der Waals surface area contributed by atoms with Gasteiger partial charge in [0.25, 0.3) is 0 Å². The maximum Gasteiger partial charge on any atom is 0.0773 e. The van der Waals surface area contributed by atoms with Gasteiger partial charge in [0.1, 0.15) is 0 Å². The molecule has 2 rings (SSSR count). The summed E-state index contributed by atoms with van der Waals surface area (Å²) in [4.78, 5) is 2.47. The first kappa shape index (κ1) is 11.6. The average molecular weight is 222 g/mol. The Balaban J connectivity index is 1.94. The van der Waals surface area contributed by atoms with Gasteiger partial charge in [-0.05, 0) is 27.8 Å². The molecule has 4 heteroatoms. The van der Waals surface area contributed by atoms with Crippen molar-refractivity contribution < 1.29 is 0 Å². The van der Waals surface area contributed by atoms with Crippen LogP contribution in [0.4, 0.5) is 0 Å². The van der Waals surface area contributed by atoms with Gasteiger partial charge in [-0.25, -0.2) is 0 Å². The third-order valence-electron chi connectivity index (χ3n) is 3.55. The van der Waals surface area contributed by atoms with Crippen LogP contribution in [0, 0.1) is 0 Å². The van der Waals surface area contributed by atoms with E-state index in [0.717, 1.165) is 13.1 Å². The first-order valence-electron chi connectivity index (χ1n) is 6.07. The fraction of sp³-hybridized carbons (Fsp3) is 0.750. The van der Waals surface area contributed by atoms with Gasteiger partial charge in [0.05, 0.1) is 12.2 Å². The van der Waals surface area contributed by atoms with Crippen molar-refractivity contribution in [2.45, 2.75) is 38.9 Å². The van der Waals surface area contributed by atoms with E-state index in [-0.39, 0.29) is 0 Å². The minimum Gasteiger partial charge on any atom is -0.313 e. The summed E-state index contributed by atoms with van der Waals surface area (Å²) in [5.74, 6) is 0. The van der Waals surface area contributed by atoms with Gasteiger partial charge in [0.2, 0.25) is 0 Å². The normalized spacial score (nSPS) is 20.1. The Kier molecular flexibility index (Phi) is 3.30. The summed E-state index contributed by atoms with van der Waals surface area (Å²) in [6.07, 6.45) is 4.14. The molecule has 90 valence electrons. The van der Waals surface area contributed by atoms with Crippen LogP contribution in [0.1, 0.15) is 38.4 Å². The largest absolute Gasteiger partial charge is 0.313 e. The molecule has 2 heterocycles. The lowest BCUT2D eigenvalue weighted by atomic mass is 10.1. The van der Waals surface area contributed by atoms with Gasteiger partial charge in [0.15, 0.2) is 0 Å². The van der Waals surface area contributed by atoms with Gasteiger partial charge in [-0.15, -0.1) is 0 Å². The zero-order chi connectivity index (χ0) is 11.7. The molecule has 16 heavy (non-hydrogen) atoms. The minimum atomic E-state index is 0.384. The van der Waals surface area contributed by atoms with Gasteiger partial charge >= 0.3 is 0 Å². The summed E-state index contributed by atoms with van der Waals surface area (Å²) in [7, 11) is 1.98. The molecule has 0 amide bonds. The van der Waals surface area contributed by atoms with Crippen molar-refractivity contribution in [3.63, 3.8) is 0 Å². The average Bonchev–Trinajstić information content (AvgIpc) is 2.63. The van der Waals surface area contributed by atoms with Crippen LogP contribution in [0.25, 0.3) is 0 Å². The number of hydrogen-bond donors (Lipinski definition) is 1. The number of hydrogen-bond acceptors (Lipinski definition) is 3. The van der Waals surface area contributed by atoms with E-state index in [9.17, 15) is 0 Å². The zero-order valence-corrected chi connectivity index (χ0v) is 10.6. The first-order valence-corrected chi connectivity index (χ1v) is 6.07. The van der Waals surface area contributed by atoms with Crippen LogP contribution >= 0.6 is 0 Å². The van der Waals surface area contributed by atoms with Crippen LogP contribution in [0.3, 0.4) is 0 Å². The highest BCUT2D eigenvalue weighted by Gasteiger charge is 2.30. The lowest BCUT2D eigenvalue weighted by molar-refractivity contribution is 0.0674. The van der Waals surface area contributed by atoms with Crippen molar-refractivity contribution in [1.82, 2.24) is 20.0 Å². The smallest absolute Gasteiger partial charge is 0.0773 e. The predicted octanol–water partition coefficient (Wildman–Crippen LogP) is 1.43. The SMILES string of the molecule is CNC(C)c1cnn(C2CN(C(C)C)C2)c1. The second-order valence-electron chi connectivity index (χ2n) is 4.97. The lowest BCUT2D eigenvalue weighted by Gasteiger charge is -2.41. The number of rotatable bonds is 4. The monoisotopic (exact) mass is 222 g/mol. The Bertz CT molecular complexity index is 339. The summed E-state index contributed by atoms with van der Waals surface area (Å²) >= 11 is 0. The Morgan fingerprint density at radius 3 is 2.62 bits per heavy atom. The Morgan fingerprint density at radius 2 is 2.06 bits per heavy atom. The van der Waals surface area contributed by atoms with Crippen molar-refractivity contribution in [1.29, 1.82) is 0 Å². The number of nitrogens with zero attached hydrogens (tertiary/aromatic N) is 3. The molecule has 1 aliphatic rings. The Hall–Kier alpha value is -0.870. The molecule has 1 aromatic heterocycles. The van der Waals surface area contributed by atoms with Gasteiger partial charge in [0, 0.05) is 36.9 Å². The van der Waals surface area contributed by atoms with Crippen LogP contribution in [0.5, 0.6) is 0 Å². The van der Waals surface area contributed by atoms with Crippen LogP contribution in [-0.4, -0.2) is 40.9 Å². The molecule has 0 bridgehead atoms. The fourth-order valence-corrected chi connectivity index (χ4v) is 2.02. The highest BCUT2D eigenvalue weighted by molar-refractivity contribution is 5.10. The minimum absolute atomic E-state index is 0.384. The fourth-order valence-electron chi connectivity index (χ4n) is 2.02. The Morgan fingerprint density at radius 1 is 1.38 bits per heavy atom. The second kappa shape index (κ2) is 4.55. The van der Waals surface area contributed by atoms with E-state index in [2.05, 4.69) is 47.0 Å². The molecule has 0 aliphatic carbocycles. The second-order valence-corrected chi connectivity index (χ2v) is 4.97. The third kappa shape index (κ3) is 2.13. The van der Waals surface area contributed by atoms with E-state index in [1.165, 1.54) is 5.56 Å². The molecule has 1 unspecified atom stereocenters. The van der Waals surface area contributed by atoms with E-state index in [1.54, 1.807) is 0 Å². The standard InChI is InChI=1S/C12H22N4/c1-9(2)15-7-12(8-15)16-6-11(5-14-16)10(3)13-4/h5-6,9-10,12-13H,7-8H2,1-4H3. The van der Waals surface area contributed by atoms with E-state index < -0.39 is 0 Å². The van der Waals surface area contributed by atoms with Crippen LogP contribution < -0.4 is 5.32 Å². The molecule has 1 fully saturated rings. The van der Waals surface area contributed by atoms with Crippen molar-refractivity contribution in [3.8, 4) is 0 Å². The summed E-state index contributed by atoms with van der Waals surface area (Å²) in [5, 5.41) is 7.68. The highest BCUT2D eigenvalue weighted by atomic mass is 15.4. The van der Waals surface area contributed by atoms with Crippen LogP contribution in [-0.2, 0) is 0 Å². The van der Waals surface area contributed by atoms with Crippen molar-refractivity contribution >= 4 is 0 Å².